The summed E-state index contributed by atoms with van der Waals surface area (Å²) in [4.78, 5) is 0. The van der Waals surface area contributed by atoms with Crippen LogP contribution in [0, 0.1) is 6.92 Å². The zero-order valence-corrected chi connectivity index (χ0v) is 12.2. The van der Waals surface area contributed by atoms with Gasteiger partial charge in [0.2, 0.25) is 10.0 Å². The molecule has 4 heteroatoms. The van der Waals surface area contributed by atoms with Crippen molar-refractivity contribution >= 4 is 15.7 Å². The highest BCUT2D eigenvalue weighted by Crippen LogP contribution is 2.34. The Hall–Kier alpha value is -1.81. The van der Waals surface area contributed by atoms with Crippen LogP contribution in [0.25, 0.3) is 0 Å². The van der Waals surface area contributed by atoms with E-state index in [1.807, 2.05) is 55.5 Å². The van der Waals surface area contributed by atoms with Gasteiger partial charge in [0.25, 0.3) is 0 Å². The second-order valence-corrected chi connectivity index (χ2v) is 7.04. The maximum atomic E-state index is 12.6. The van der Waals surface area contributed by atoms with Crippen LogP contribution < -0.4 is 4.31 Å². The maximum Gasteiger partial charge on any atom is 0.239 e. The average Bonchev–Trinajstić information content (AvgIpc) is 2.85. The van der Waals surface area contributed by atoms with Crippen LogP contribution in [0.4, 0.5) is 5.69 Å². The summed E-state index contributed by atoms with van der Waals surface area (Å²) in [7, 11) is -3.32. The number of nitrogens with zero attached hydrogens (tertiary/aromatic N) is 1. The van der Waals surface area contributed by atoms with Crippen LogP contribution in [0.15, 0.2) is 48.5 Å². The summed E-state index contributed by atoms with van der Waals surface area (Å²) >= 11 is 0. The van der Waals surface area contributed by atoms with Crippen molar-refractivity contribution < 1.29 is 8.42 Å². The highest BCUT2D eigenvalue weighted by molar-refractivity contribution is 7.92. The Morgan fingerprint density at radius 1 is 1.05 bits per heavy atom. The minimum Gasteiger partial charge on any atom is -0.269 e. The number of para-hydroxylation sites is 1. The van der Waals surface area contributed by atoms with Crippen LogP contribution in [0.3, 0.4) is 0 Å². The summed E-state index contributed by atoms with van der Waals surface area (Å²) < 4.78 is 26.9. The van der Waals surface area contributed by atoms with Gasteiger partial charge in [0, 0.05) is 6.54 Å². The van der Waals surface area contributed by atoms with E-state index in [0.717, 1.165) is 28.8 Å². The lowest BCUT2D eigenvalue weighted by atomic mass is 10.1. The molecule has 1 heterocycles. The zero-order valence-electron chi connectivity index (χ0n) is 11.4. The Balaban J connectivity index is 1.95. The molecule has 0 unspecified atom stereocenters. The molecule has 3 nitrogen and oxygen atoms in total. The van der Waals surface area contributed by atoms with Crippen molar-refractivity contribution in [2.24, 2.45) is 0 Å². The molecule has 0 saturated heterocycles. The zero-order chi connectivity index (χ0) is 14.2. The summed E-state index contributed by atoms with van der Waals surface area (Å²) in [5, 5.41) is 0. The van der Waals surface area contributed by atoms with Gasteiger partial charge in [-0.2, -0.15) is 0 Å². The third-order valence-electron chi connectivity index (χ3n) is 3.68. The van der Waals surface area contributed by atoms with Crippen LogP contribution in [0.1, 0.15) is 16.7 Å². The molecule has 0 radical (unpaired) electrons. The minimum atomic E-state index is -3.32. The van der Waals surface area contributed by atoms with E-state index in [4.69, 9.17) is 0 Å². The van der Waals surface area contributed by atoms with Gasteiger partial charge in [0.15, 0.2) is 0 Å². The summed E-state index contributed by atoms with van der Waals surface area (Å²) in [5.41, 5.74) is 3.86. The molecule has 1 aliphatic heterocycles. The number of hydrogen-bond acceptors (Lipinski definition) is 2. The second kappa shape index (κ2) is 4.94. The van der Waals surface area contributed by atoms with Crippen molar-refractivity contribution in [1.29, 1.82) is 0 Å². The molecule has 104 valence electrons. The van der Waals surface area contributed by atoms with Gasteiger partial charge in [-0.25, -0.2) is 8.42 Å². The van der Waals surface area contributed by atoms with Crippen LogP contribution in [-0.4, -0.2) is 15.0 Å². The lowest BCUT2D eigenvalue weighted by Gasteiger charge is -2.21. The normalized spacial score (nSPS) is 14.3. The van der Waals surface area contributed by atoms with E-state index < -0.39 is 10.0 Å². The van der Waals surface area contributed by atoms with E-state index in [1.165, 1.54) is 0 Å². The molecule has 0 saturated carbocycles. The number of benzene rings is 2. The van der Waals surface area contributed by atoms with Gasteiger partial charge in [-0.15, -0.1) is 0 Å². The van der Waals surface area contributed by atoms with E-state index in [1.54, 1.807) is 4.31 Å². The summed E-state index contributed by atoms with van der Waals surface area (Å²) in [6.45, 7) is 2.52. The molecule has 0 aliphatic carbocycles. The number of aryl methyl sites for hydroxylation is 1. The molecule has 2 aromatic carbocycles. The molecule has 1 aliphatic rings. The number of anilines is 1. The third kappa shape index (κ3) is 2.31. The first kappa shape index (κ1) is 13.2. The average molecular weight is 287 g/mol. The van der Waals surface area contributed by atoms with E-state index in [2.05, 4.69) is 0 Å². The molecule has 0 aromatic heterocycles. The van der Waals surface area contributed by atoms with Crippen molar-refractivity contribution in [3.63, 3.8) is 0 Å². The first-order chi connectivity index (χ1) is 9.58. The number of rotatable bonds is 3. The topological polar surface area (TPSA) is 37.4 Å². The first-order valence-electron chi connectivity index (χ1n) is 6.71. The van der Waals surface area contributed by atoms with Crippen molar-refractivity contribution in [1.82, 2.24) is 0 Å². The monoisotopic (exact) mass is 287 g/mol. The smallest absolute Gasteiger partial charge is 0.239 e. The highest BCUT2D eigenvalue weighted by atomic mass is 32.2. The minimum absolute atomic E-state index is 0.0572. The van der Waals surface area contributed by atoms with Gasteiger partial charge in [-0.05, 0) is 30.0 Å². The maximum absolute atomic E-state index is 12.6. The molecular weight excluding hydrogens is 270 g/mol. The quantitative estimate of drug-likeness (QED) is 0.870. The molecule has 0 fully saturated rings. The molecule has 0 N–H and O–H groups in total. The van der Waals surface area contributed by atoms with E-state index in [9.17, 15) is 8.42 Å². The Morgan fingerprint density at radius 3 is 2.55 bits per heavy atom. The summed E-state index contributed by atoms with van der Waals surface area (Å²) in [6.07, 6.45) is 0.797. The van der Waals surface area contributed by atoms with Gasteiger partial charge in [-0.1, -0.05) is 48.5 Å². The number of hydrogen-bond donors (Lipinski definition) is 0. The van der Waals surface area contributed by atoms with Crippen molar-refractivity contribution in [3.8, 4) is 0 Å². The van der Waals surface area contributed by atoms with Crippen molar-refractivity contribution in [2.45, 2.75) is 19.1 Å². The van der Waals surface area contributed by atoms with E-state index in [-0.39, 0.29) is 5.75 Å². The largest absolute Gasteiger partial charge is 0.269 e. The molecule has 2 aromatic rings. The SMILES string of the molecule is Cc1cccc2c1N(S(=O)(=O)Cc1ccccc1)CC2. The summed E-state index contributed by atoms with van der Waals surface area (Å²) in [5.74, 6) is 0.0572. The highest BCUT2D eigenvalue weighted by Gasteiger charge is 2.30. The molecule has 0 atom stereocenters. The molecule has 20 heavy (non-hydrogen) atoms. The van der Waals surface area contributed by atoms with Gasteiger partial charge >= 0.3 is 0 Å². The predicted octanol–water partition coefficient (Wildman–Crippen LogP) is 2.89. The number of sulfonamides is 1. The van der Waals surface area contributed by atoms with Gasteiger partial charge in [0.05, 0.1) is 11.4 Å². The van der Waals surface area contributed by atoms with Crippen LogP contribution in [0.2, 0.25) is 0 Å². The standard InChI is InChI=1S/C16H17NO2S/c1-13-6-5-9-15-10-11-17(16(13)15)20(18,19)12-14-7-3-2-4-8-14/h2-9H,10-12H2,1H3. The Morgan fingerprint density at radius 2 is 1.80 bits per heavy atom. The number of fused-ring (bicyclic) bond motifs is 1. The molecule has 0 bridgehead atoms. The van der Waals surface area contributed by atoms with Gasteiger partial charge in [0.1, 0.15) is 0 Å². The van der Waals surface area contributed by atoms with Crippen LogP contribution in [0.5, 0.6) is 0 Å². The fraction of sp³-hybridized carbons (Fsp3) is 0.250. The molecule has 0 spiro atoms. The predicted molar refractivity (Wildman–Crippen MR) is 81.3 cm³/mol. The van der Waals surface area contributed by atoms with E-state index in [0.29, 0.717) is 6.54 Å². The third-order valence-corrected chi connectivity index (χ3v) is 5.42. The fourth-order valence-corrected chi connectivity index (χ4v) is 4.43. The van der Waals surface area contributed by atoms with Crippen LogP contribution >= 0.6 is 0 Å². The summed E-state index contributed by atoms with van der Waals surface area (Å²) in [6, 6.07) is 15.3. The Bertz CT molecular complexity index is 723. The van der Waals surface area contributed by atoms with Gasteiger partial charge < -0.3 is 0 Å². The Kier molecular flexibility index (Phi) is 3.26. The lowest BCUT2D eigenvalue weighted by Crippen LogP contribution is -2.30. The van der Waals surface area contributed by atoms with Gasteiger partial charge in [-0.3, -0.25) is 4.31 Å². The Labute approximate surface area is 119 Å². The lowest BCUT2D eigenvalue weighted by molar-refractivity contribution is 0.591. The van der Waals surface area contributed by atoms with E-state index >= 15 is 0 Å². The molecular formula is C16H17NO2S. The first-order valence-corrected chi connectivity index (χ1v) is 8.32. The second-order valence-electron chi connectivity index (χ2n) is 5.15. The fourth-order valence-electron chi connectivity index (χ4n) is 2.75. The molecule has 3 rings (SSSR count). The van der Waals surface area contributed by atoms with Crippen molar-refractivity contribution in [2.75, 3.05) is 10.8 Å². The van der Waals surface area contributed by atoms with Crippen LogP contribution in [-0.2, 0) is 22.2 Å². The van der Waals surface area contributed by atoms with Crippen molar-refractivity contribution in [3.05, 3.63) is 65.2 Å². The molecule has 0 amide bonds.